The van der Waals surface area contributed by atoms with Gasteiger partial charge >= 0.3 is 65.4 Å². The van der Waals surface area contributed by atoms with E-state index in [0.717, 1.165) is 13.0 Å². The molecule has 0 aromatic carbocycles. The van der Waals surface area contributed by atoms with Gasteiger partial charge in [-0.25, -0.2) is 4.79 Å². The Labute approximate surface area is 200 Å². The maximum atomic E-state index is 13.6. The summed E-state index contributed by atoms with van der Waals surface area (Å²) in [4.78, 5) is 10.8. The van der Waals surface area contributed by atoms with E-state index in [-0.39, 0.29) is 0 Å². The lowest BCUT2D eigenvalue weighted by atomic mass is 9.86. The molecule has 0 fully saturated rings. The lowest BCUT2D eigenvalue weighted by Gasteiger charge is -2.44. The zero-order chi connectivity index (χ0) is 32.1. The van der Waals surface area contributed by atoms with Gasteiger partial charge in [-0.05, 0) is 6.92 Å². The third-order valence-electron chi connectivity index (χ3n) is 4.54. The largest absolute Gasteiger partial charge is 0.462 e. The third kappa shape index (κ3) is 5.17. The van der Waals surface area contributed by atoms with Crippen molar-refractivity contribution in [3.63, 3.8) is 0 Å². The summed E-state index contributed by atoms with van der Waals surface area (Å²) in [5, 5.41) is 0. The minimum atomic E-state index is -9.21. The lowest BCUT2D eigenvalue weighted by Crippen LogP contribution is -2.76. The van der Waals surface area contributed by atoms with Gasteiger partial charge in [0.15, 0.2) is 0 Å². The minimum absolute atomic E-state index is 0.361. The molecule has 0 bridgehead atoms. The van der Waals surface area contributed by atoms with Crippen LogP contribution < -0.4 is 0 Å². The summed E-state index contributed by atoms with van der Waals surface area (Å²) in [6, 6.07) is 0. The minimum Gasteiger partial charge on any atom is -0.462 e. The van der Waals surface area contributed by atoms with Crippen molar-refractivity contribution in [3.8, 4) is 0 Å². The molecule has 39 heavy (non-hydrogen) atoms. The predicted octanol–water partition coefficient (Wildman–Crippen LogP) is 7.78. The van der Waals surface area contributed by atoms with Crippen molar-refractivity contribution in [2.45, 2.75) is 72.8 Å². The number of carbonyl (C=O) groups excluding carboxylic acids is 1. The van der Waals surface area contributed by atoms with Gasteiger partial charge in [-0.2, -0.15) is 92.2 Å². The Bertz CT molecular complexity index is 913. The molecular weight excluding hydrogens is 623 g/mol. The molecule has 0 aromatic rings. The monoisotopic (exact) mass is 632 g/mol. The molecule has 0 atom stereocenters. The Kier molecular flexibility index (Phi) is 9.40. The molecule has 0 spiro atoms. The second-order valence-electron chi connectivity index (χ2n) is 7.21. The van der Waals surface area contributed by atoms with Gasteiger partial charge in [0.25, 0.3) is 0 Å². The smallest absolute Gasteiger partial charge is 0.460 e. The van der Waals surface area contributed by atoms with Crippen LogP contribution in [0.25, 0.3) is 0 Å². The van der Waals surface area contributed by atoms with Crippen LogP contribution in [-0.4, -0.2) is 72.1 Å². The van der Waals surface area contributed by atoms with E-state index in [0.29, 0.717) is 6.08 Å². The van der Waals surface area contributed by atoms with Crippen LogP contribution in [0.5, 0.6) is 0 Å². The molecule has 0 saturated heterocycles. The van der Waals surface area contributed by atoms with Gasteiger partial charge in [-0.1, -0.05) is 6.08 Å². The summed E-state index contributed by atoms with van der Waals surface area (Å²) in [5.41, 5.74) is 0. The van der Waals surface area contributed by atoms with Crippen LogP contribution in [0.3, 0.4) is 0 Å². The number of alkyl halides is 21. The molecule has 0 aliphatic heterocycles. The molecule has 232 valence electrons. The van der Waals surface area contributed by atoms with E-state index >= 15 is 0 Å². The molecule has 0 aliphatic rings. The van der Waals surface area contributed by atoms with Crippen LogP contribution in [0.15, 0.2) is 12.2 Å². The Morgan fingerprint density at radius 1 is 0.513 bits per heavy atom. The Morgan fingerprint density at radius 3 is 1.08 bits per heavy atom. The number of halogens is 21. The molecule has 0 rings (SSSR count). The first kappa shape index (κ1) is 36.7. The summed E-state index contributed by atoms with van der Waals surface area (Å²) in [5.74, 6) is -79.1. The van der Waals surface area contributed by atoms with Gasteiger partial charge in [0.2, 0.25) is 0 Å². The van der Waals surface area contributed by atoms with Crippen LogP contribution in [0.4, 0.5) is 92.2 Å². The second kappa shape index (κ2) is 9.98. The summed E-state index contributed by atoms with van der Waals surface area (Å²) in [6.07, 6.45) is -9.86. The molecule has 0 N–H and O–H groups in total. The zero-order valence-electron chi connectivity index (χ0n) is 17.8. The number of allylic oxidation sites excluding steroid dienone is 1. The molecule has 0 heterocycles. The van der Waals surface area contributed by atoms with Gasteiger partial charge in [-0.15, -0.1) is 0 Å². The fraction of sp³-hybridized carbons (Fsp3) is 0.812. The summed E-state index contributed by atoms with van der Waals surface area (Å²) in [7, 11) is 0. The second-order valence-corrected chi connectivity index (χ2v) is 7.21. The zero-order valence-corrected chi connectivity index (χ0v) is 17.8. The molecule has 0 aliphatic carbocycles. The Morgan fingerprint density at radius 2 is 0.795 bits per heavy atom. The van der Waals surface area contributed by atoms with E-state index in [2.05, 4.69) is 4.74 Å². The van der Waals surface area contributed by atoms with Crippen molar-refractivity contribution in [1.82, 2.24) is 0 Å². The van der Waals surface area contributed by atoms with E-state index in [4.69, 9.17) is 0 Å². The maximum absolute atomic E-state index is 13.6. The van der Waals surface area contributed by atoms with Gasteiger partial charge < -0.3 is 4.74 Å². The van der Waals surface area contributed by atoms with Crippen LogP contribution in [-0.2, 0) is 9.53 Å². The van der Waals surface area contributed by atoms with E-state index < -0.39 is 78.5 Å². The third-order valence-corrected chi connectivity index (χ3v) is 4.54. The van der Waals surface area contributed by atoms with Crippen molar-refractivity contribution < 1.29 is 102 Å². The standard InChI is InChI=1S/C16H9F21O2/c1-2-3-6(38)39-5-4-7(17,18)8(19,20)9(21,22)10(23,24)11(25,26)12(27,28)13(29,30)14(31,32)15(33,34)16(35,36)37/h2-3H,4-5H2,1H3/b3-2+. The van der Waals surface area contributed by atoms with Crippen molar-refractivity contribution >= 4 is 5.97 Å². The van der Waals surface area contributed by atoms with E-state index in [9.17, 15) is 97.0 Å². The van der Waals surface area contributed by atoms with E-state index in [1.54, 1.807) is 0 Å². The fourth-order valence-corrected chi connectivity index (χ4v) is 2.21. The molecule has 0 amide bonds. The first-order valence-corrected chi connectivity index (χ1v) is 8.97. The molecule has 0 saturated carbocycles. The van der Waals surface area contributed by atoms with E-state index in [1.807, 2.05) is 0 Å². The van der Waals surface area contributed by atoms with Crippen molar-refractivity contribution in [2.24, 2.45) is 0 Å². The van der Waals surface area contributed by atoms with Crippen LogP contribution >= 0.6 is 0 Å². The molecule has 23 heteroatoms. The fourth-order valence-electron chi connectivity index (χ4n) is 2.21. The van der Waals surface area contributed by atoms with Crippen LogP contribution in [0.2, 0.25) is 0 Å². The molecule has 0 aromatic heterocycles. The number of ether oxygens (including phenoxy) is 1. The highest BCUT2D eigenvalue weighted by Gasteiger charge is 2.97. The normalized spacial score (nSPS) is 16.2. The number of rotatable bonds is 12. The first-order valence-electron chi connectivity index (χ1n) is 8.97. The maximum Gasteiger partial charge on any atom is 0.460 e. The van der Waals surface area contributed by atoms with E-state index in [1.165, 1.54) is 0 Å². The molecule has 0 radical (unpaired) electrons. The van der Waals surface area contributed by atoms with Crippen molar-refractivity contribution in [2.75, 3.05) is 6.61 Å². The van der Waals surface area contributed by atoms with Gasteiger partial charge in [0.1, 0.15) is 0 Å². The number of carbonyl (C=O) groups is 1. The Hall–Kier alpha value is -2.26. The SMILES string of the molecule is C/C=C/C(=O)OCCC(F)(F)C(F)(F)C(F)(F)C(F)(F)C(F)(F)C(F)(F)C(F)(F)C(F)(F)C(F)(F)C(F)(F)F. The quantitative estimate of drug-likeness (QED) is 0.125. The first-order chi connectivity index (χ1) is 16.7. The highest BCUT2D eigenvalue weighted by molar-refractivity contribution is 5.81. The Balaban J connectivity index is 6.76. The van der Waals surface area contributed by atoms with Crippen molar-refractivity contribution in [1.29, 1.82) is 0 Å². The lowest BCUT2D eigenvalue weighted by molar-refractivity contribution is -0.474. The van der Waals surface area contributed by atoms with Crippen molar-refractivity contribution in [3.05, 3.63) is 12.2 Å². The summed E-state index contributed by atoms with van der Waals surface area (Å²) in [6.45, 7) is -1.05. The molecule has 0 unspecified atom stereocenters. The van der Waals surface area contributed by atoms with Crippen LogP contribution in [0.1, 0.15) is 13.3 Å². The molecular formula is C16H9F21O2. The average Bonchev–Trinajstić information content (AvgIpc) is 2.71. The topological polar surface area (TPSA) is 26.3 Å². The number of hydrogen-bond acceptors (Lipinski definition) is 2. The average molecular weight is 632 g/mol. The van der Waals surface area contributed by atoms with Gasteiger partial charge in [0.05, 0.1) is 13.0 Å². The number of esters is 1. The molecule has 2 nitrogen and oxygen atoms in total. The number of hydrogen-bond donors (Lipinski definition) is 0. The highest BCUT2D eigenvalue weighted by atomic mass is 19.4. The summed E-state index contributed by atoms with van der Waals surface area (Å²) >= 11 is 0. The highest BCUT2D eigenvalue weighted by Crippen LogP contribution is 2.66. The van der Waals surface area contributed by atoms with Crippen LogP contribution in [0, 0.1) is 0 Å². The van der Waals surface area contributed by atoms with Gasteiger partial charge in [0, 0.05) is 6.08 Å². The predicted molar refractivity (Wildman–Crippen MR) is 81.0 cm³/mol. The van der Waals surface area contributed by atoms with Gasteiger partial charge in [-0.3, -0.25) is 0 Å². The summed E-state index contributed by atoms with van der Waals surface area (Å²) < 4.78 is 281.